The number of carbonyl (C=O) groups excluding carboxylic acids is 1. The van der Waals surface area contributed by atoms with Crippen molar-refractivity contribution in [3.63, 3.8) is 0 Å². The van der Waals surface area contributed by atoms with Crippen molar-refractivity contribution in [2.24, 2.45) is 0 Å². The normalized spacial score (nSPS) is 15.8. The largest absolute Gasteiger partial charge is 0.352 e. The molecule has 1 aliphatic heterocycles. The second kappa shape index (κ2) is 5.38. The summed E-state index contributed by atoms with van der Waals surface area (Å²) in [5.41, 5.74) is 4.56. The van der Waals surface area contributed by atoms with E-state index in [1.807, 2.05) is 6.07 Å². The van der Waals surface area contributed by atoms with Crippen LogP contribution >= 0.6 is 0 Å². The van der Waals surface area contributed by atoms with E-state index in [9.17, 15) is 4.79 Å². The minimum atomic E-state index is 0.670. The topological polar surface area (TPSA) is 39.3 Å². The predicted molar refractivity (Wildman–Crippen MR) is 81.2 cm³/mol. The fourth-order valence-corrected chi connectivity index (χ4v) is 2.96. The lowest BCUT2D eigenvalue weighted by molar-refractivity contribution is 0.112. The summed E-state index contributed by atoms with van der Waals surface area (Å²) >= 11 is 0. The molecule has 4 heteroatoms. The highest BCUT2D eigenvalue weighted by molar-refractivity contribution is 5.90. The molecule has 3 rings (SSSR count). The Hall–Kier alpha value is -1.65. The molecular weight excluding hydrogens is 250 g/mol. The molecule has 106 valence electrons. The molecule has 1 aromatic heterocycles. The van der Waals surface area contributed by atoms with E-state index in [0.717, 1.165) is 44.4 Å². The number of nitrogens with zero attached hydrogens (tertiary/aromatic N) is 2. The summed E-state index contributed by atoms with van der Waals surface area (Å²) in [6.07, 6.45) is 1.95. The predicted octanol–water partition coefficient (Wildman–Crippen LogP) is 1.90. The highest BCUT2D eigenvalue weighted by Crippen LogP contribution is 2.27. The monoisotopic (exact) mass is 271 g/mol. The first kappa shape index (κ1) is 13.3. The molecule has 0 radical (unpaired) electrons. The summed E-state index contributed by atoms with van der Waals surface area (Å²) in [4.78, 5) is 18.8. The van der Waals surface area contributed by atoms with Gasteiger partial charge in [-0.3, -0.25) is 9.69 Å². The Bertz CT molecular complexity index is 630. The Balaban J connectivity index is 1.85. The molecule has 0 fully saturated rings. The van der Waals surface area contributed by atoms with Gasteiger partial charge in [0.2, 0.25) is 0 Å². The van der Waals surface area contributed by atoms with Gasteiger partial charge in [0, 0.05) is 37.1 Å². The van der Waals surface area contributed by atoms with Crippen LogP contribution in [0.3, 0.4) is 0 Å². The summed E-state index contributed by atoms with van der Waals surface area (Å²) in [7, 11) is 4.23. The van der Waals surface area contributed by atoms with Gasteiger partial charge in [0.15, 0.2) is 6.29 Å². The van der Waals surface area contributed by atoms with Crippen molar-refractivity contribution in [1.82, 2.24) is 14.8 Å². The highest BCUT2D eigenvalue weighted by atomic mass is 16.1. The maximum atomic E-state index is 10.9. The minimum absolute atomic E-state index is 0.670. The zero-order valence-electron chi connectivity index (χ0n) is 12.1. The van der Waals surface area contributed by atoms with Crippen molar-refractivity contribution in [3.05, 3.63) is 35.0 Å². The van der Waals surface area contributed by atoms with Gasteiger partial charge in [-0.25, -0.2) is 0 Å². The molecule has 0 unspecified atom stereocenters. The second-order valence-corrected chi connectivity index (χ2v) is 5.84. The van der Waals surface area contributed by atoms with E-state index in [-0.39, 0.29) is 0 Å². The number of benzene rings is 1. The minimum Gasteiger partial charge on any atom is -0.352 e. The van der Waals surface area contributed by atoms with Crippen molar-refractivity contribution < 1.29 is 4.79 Å². The van der Waals surface area contributed by atoms with Crippen LogP contribution in [0.4, 0.5) is 0 Å². The first-order chi connectivity index (χ1) is 9.67. The lowest BCUT2D eigenvalue weighted by atomic mass is 9.96. The molecule has 0 saturated heterocycles. The van der Waals surface area contributed by atoms with Crippen LogP contribution in [0.5, 0.6) is 0 Å². The van der Waals surface area contributed by atoms with E-state index >= 15 is 0 Å². The zero-order valence-corrected chi connectivity index (χ0v) is 12.1. The number of nitrogens with one attached hydrogen (secondary N) is 1. The summed E-state index contributed by atoms with van der Waals surface area (Å²) in [5, 5.41) is 1.22. The number of hydrogen-bond donors (Lipinski definition) is 1. The second-order valence-electron chi connectivity index (χ2n) is 5.84. The van der Waals surface area contributed by atoms with Gasteiger partial charge in [0.1, 0.15) is 0 Å². The SMILES string of the molecule is CN(C)CCN1CCc2c(ccc3[nH]c(C=O)cc23)C1. The van der Waals surface area contributed by atoms with Gasteiger partial charge in [-0.1, -0.05) is 6.07 Å². The van der Waals surface area contributed by atoms with Crippen molar-refractivity contribution in [2.45, 2.75) is 13.0 Å². The third kappa shape index (κ3) is 2.49. The van der Waals surface area contributed by atoms with Crippen LogP contribution in [0.25, 0.3) is 10.9 Å². The number of aldehydes is 1. The van der Waals surface area contributed by atoms with Crippen LogP contribution in [0, 0.1) is 0 Å². The third-order valence-electron chi connectivity index (χ3n) is 4.10. The highest BCUT2D eigenvalue weighted by Gasteiger charge is 2.18. The Morgan fingerprint density at radius 3 is 3.00 bits per heavy atom. The van der Waals surface area contributed by atoms with Gasteiger partial charge < -0.3 is 9.88 Å². The molecule has 2 heterocycles. The van der Waals surface area contributed by atoms with E-state index < -0.39 is 0 Å². The van der Waals surface area contributed by atoms with E-state index in [2.05, 4.69) is 41.0 Å². The first-order valence-corrected chi connectivity index (χ1v) is 7.13. The van der Waals surface area contributed by atoms with Crippen LogP contribution in [0.1, 0.15) is 21.6 Å². The molecule has 0 saturated carbocycles. The molecule has 20 heavy (non-hydrogen) atoms. The fraction of sp³-hybridized carbons (Fsp3) is 0.438. The summed E-state index contributed by atoms with van der Waals surface area (Å²) < 4.78 is 0. The summed E-state index contributed by atoms with van der Waals surface area (Å²) in [6, 6.07) is 6.28. The number of hydrogen-bond acceptors (Lipinski definition) is 3. The quantitative estimate of drug-likeness (QED) is 0.863. The van der Waals surface area contributed by atoms with Crippen molar-refractivity contribution in [3.8, 4) is 0 Å². The number of fused-ring (bicyclic) bond motifs is 3. The maximum absolute atomic E-state index is 10.9. The smallest absolute Gasteiger partial charge is 0.166 e. The first-order valence-electron chi connectivity index (χ1n) is 7.13. The lowest BCUT2D eigenvalue weighted by Crippen LogP contribution is -2.35. The number of carbonyl (C=O) groups is 1. The van der Waals surface area contributed by atoms with E-state index in [1.165, 1.54) is 16.5 Å². The standard InChI is InChI=1S/C16H21N3O/c1-18(2)7-8-19-6-5-14-12(10-19)3-4-16-15(14)9-13(11-20)17-16/h3-4,9,11,17H,5-8,10H2,1-2H3. The number of rotatable bonds is 4. The number of likely N-dealkylation sites (N-methyl/N-ethyl adjacent to an activating group) is 1. The molecule has 2 aromatic rings. The average Bonchev–Trinajstić information content (AvgIpc) is 2.88. The average molecular weight is 271 g/mol. The van der Waals surface area contributed by atoms with Crippen LogP contribution in [-0.2, 0) is 13.0 Å². The van der Waals surface area contributed by atoms with Gasteiger partial charge in [0.25, 0.3) is 0 Å². The van der Waals surface area contributed by atoms with Crippen LogP contribution in [0.15, 0.2) is 18.2 Å². The molecule has 0 atom stereocenters. The Morgan fingerprint density at radius 1 is 1.40 bits per heavy atom. The van der Waals surface area contributed by atoms with Gasteiger partial charge >= 0.3 is 0 Å². The van der Waals surface area contributed by atoms with Gasteiger partial charge in [0.05, 0.1) is 5.69 Å². The van der Waals surface area contributed by atoms with Crippen LogP contribution in [-0.4, -0.2) is 54.8 Å². The molecule has 0 amide bonds. The number of aromatic amines is 1. The van der Waals surface area contributed by atoms with Crippen LogP contribution in [0.2, 0.25) is 0 Å². The van der Waals surface area contributed by atoms with E-state index in [1.54, 1.807) is 0 Å². The third-order valence-corrected chi connectivity index (χ3v) is 4.10. The van der Waals surface area contributed by atoms with Gasteiger partial charge in [-0.05, 0) is 43.8 Å². The van der Waals surface area contributed by atoms with E-state index in [0.29, 0.717) is 5.69 Å². The van der Waals surface area contributed by atoms with E-state index in [4.69, 9.17) is 0 Å². The lowest BCUT2D eigenvalue weighted by Gasteiger charge is -2.30. The molecule has 0 spiro atoms. The molecule has 4 nitrogen and oxygen atoms in total. The van der Waals surface area contributed by atoms with Gasteiger partial charge in [-0.15, -0.1) is 0 Å². The Morgan fingerprint density at radius 2 is 2.25 bits per heavy atom. The zero-order chi connectivity index (χ0) is 14.1. The summed E-state index contributed by atoms with van der Waals surface area (Å²) in [5.74, 6) is 0. The fourth-order valence-electron chi connectivity index (χ4n) is 2.96. The van der Waals surface area contributed by atoms with Crippen molar-refractivity contribution in [1.29, 1.82) is 0 Å². The number of H-pyrrole nitrogens is 1. The maximum Gasteiger partial charge on any atom is 0.166 e. The molecular formula is C16H21N3O. The van der Waals surface area contributed by atoms with Gasteiger partial charge in [-0.2, -0.15) is 0 Å². The van der Waals surface area contributed by atoms with Crippen LogP contribution < -0.4 is 0 Å². The molecule has 1 aliphatic rings. The Labute approximate surface area is 119 Å². The summed E-state index contributed by atoms with van der Waals surface area (Å²) in [6.45, 7) is 4.32. The molecule has 0 aliphatic carbocycles. The van der Waals surface area contributed by atoms with Crippen molar-refractivity contribution >= 4 is 17.2 Å². The Kier molecular flexibility index (Phi) is 3.59. The molecule has 0 bridgehead atoms. The molecule has 1 aromatic carbocycles. The van der Waals surface area contributed by atoms with Crippen molar-refractivity contribution in [2.75, 3.05) is 33.7 Å². The molecule has 1 N–H and O–H groups in total. The number of aromatic nitrogens is 1.